The molecule has 3 aromatic rings. The van der Waals surface area contributed by atoms with E-state index in [1.807, 2.05) is 24.6 Å². The summed E-state index contributed by atoms with van der Waals surface area (Å²) in [6.07, 6.45) is 2.42. The van der Waals surface area contributed by atoms with E-state index in [0.29, 0.717) is 35.8 Å². The van der Waals surface area contributed by atoms with E-state index in [2.05, 4.69) is 5.10 Å². The quantitative estimate of drug-likeness (QED) is 0.610. The Kier molecular flexibility index (Phi) is 5.54. The molecule has 0 saturated heterocycles. The van der Waals surface area contributed by atoms with E-state index in [-0.39, 0.29) is 23.8 Å². The van der Waals surface area contributed by atoms with Gasteiger partial charge in [-0.25, -0.2) is 0 Å². The Morgan fingerprint density at radius 2 is 1.90 bits per heavy atom. The highest BCUT2D eigenvalue weighted by Gasteiger charge is 2.21. The predicted octanol–water partition coefficient (Wildman–Crippen LogP) is 2.85. The number of pyridine rings is 1. The molecule has 31 heavy (non-hydrogen) atoms. The van der Waals surface area contributed by atoms with Gasteiger partial charge in [-0.1, -0.05) is 0 Å². The van der Waals surface area contributed by atoms with Crippen LogP contribution in [0.3, 0.4) is 0 Å². The highest BCUT2D eigenvalue weighted by molar-refractivity contribution is 5.95. The average Bonchev–Trinajstić information content (AvgIpc) is 3.32. The topological polar surface area (TPSA) is 78.6 Å². The number of carbonyl (C=O) groups is 1. The molecular weight excluding hydrogens is 396 g/mol. The lowest BCUT2D eigenvalue weighted by Crippen LogP contribution is -2.35. The number of amides is 1. The molecule has 1 aliphatic heterocycles. The van der Waals surface area contributed by atoms with Gasteiger partial charge in [-0.05, 0) is 57.0 Å². The summed E-state index contributed by atoms with van der Waals surface area (Å²) in [5.74, 6) is 0.938. The van der Waals surface area contributed by atoms with Crippen LogP contribution in [0.4, 0.5) is 0 Å². The Morgan fingerprint density at radius 3 is 2.65 bits per heavy atom. The number of benzene rings is 1. The standard InChI is InChI=1S/C23H26N4O4/c1-15-8-11-26(18-6-7-19-20(13-18)31-14-30-19)23(29)21(15)22(28)25(4)9-5-10-27-17(3)12-16(2)24-27/h6-8,11-13H,5,9-10,14H2,1-4H3. The van der Waals surface area contributed by atoms with Crippen LogP contribution in [0.15, 0.2) is 41.3 Å². The van der Waals surface area contributed by atoms with Crippen LogP contribution in [-0.2, 0) is 6.54 Å². The minimum Gasteiger partial charge on any atom is -0.454 e. The van der Waals surface area contributed by atoms with Gasteiger partial charge in [-0.2, -0.15) is 5.10 Å². The van der Waals surface area contributed by atoms with E-state index in [4.69, 9.17) is 9.47 Å². The molecule has 0 fully saturated rings. The van der Waals surface area contributed by atoms with Gasteiger partial charge in [0.05, 0.1) is 11.4 Å². The van der Waals surface area contributed by atoms with Crippen LogP contribution in [0.2, 0.25) is 0 Å². The monoisotopic (exact) mass is 422 g/mol. The number of ether oxygens (including phenoxy) is 2. The molecule has 162 valence electrons. The lowest BCUT2D eigenvalue weighted by molar-refractivity contribution is 0.0788. The number of rotatable bonds is 6. The number of hydrogen-bond donors (Lipinski definition) is 0. The van der Waals surface area contributed by atoms with E-state index in [1.54, 1.807) is 49.3 Å². The Labute approximate surface area is 180 Å². The minimum atomic E-state index is -0.353. The molecule has 0 saturated carbocycles. The molecule has 8 nitrogen and oxygen atoms in total. The van der Waals surface area contributed by atoms with Gasteiger partial charge in [0.15, 0.2) is 11.5 Å². The first-order valence-corrected chi connectivity index (χ1v) is 10.2. The maximum absolute atomic E-state index is 13.2. The lowest BCUT2D eigenvalue weighted by Gasteiger charge is -2.19. The van der Waals surface area contributed by atoms with E-state index < -0.39 is 0 Å². The molecule has 3 heterocycles. The molecule has 8 heteroatoms. The lowest BCUT2D eigenvalue weighted by atomic mass is 10.1. The number of nitrogens with zero attached hydrogens (tertiary/aromatic N) is 4. The highest BCUT2D eigenvalue weighted by Crippen LogP contribution is 2.33. The van der Waals surface area contributed by atoms with Crippen LogP contribution >= 0.6 is 0 Å². The van der Waals surface area contributed by atoms with Crippen molar-refractivity contribution in [1.82, 2.24) is 19.2 Å². The Balaban J connectivity index is 1.53. The van der Waals surface area contributed by atoms with Crippen LogP contribution < -0.4 is 15.0 Å². The van der Waals surface area contributed by atoms with Gasteiger partial charge in [-0.3, -0.25) is 18.8 Å². The molecule has 0 unspecified atom stereocenters. The van der Waals surface area contributed by atoms with Gasteiger partial charge in [0.1, 0.15) is 5.56 Å². The summed E-state index contributed by atoms with van der Waals surface area (Å²) >= 11 is 0. The maximum Gasteiger partial charge on any atom is 0.268 e. The zero-order chi connectivity index (χ0) is 22.1. The summed E-state index contributed by atoms with van der Waals surface area (Å²) in [7, 11) is 1.72. The number of aromatic nitrogens is 3. The normalized spacial score (nSPS) is 12.3. The summed E-state index contributed by atoms with van der Waals surface area (Å²) in [6.45, 7) is 7.15. The molecule has 1 aromatic carbocycles. The third-order valence-corrected chi connectivity index (χ3v) is 5.46. The Hall–Kier alpha value is -3.55. The van der Waals surface area contributed by atoms with Crippen LogP contribution in [-0.4, -0.2) is 45.5 Å². The number of fused-ring (bicyclic) bond motifs is 1. The first-order chi connectivity index (χ1) is 14.8. The molecule has 1 amide bonds. The molecule has 1 aliphatic rings. The molecule has 2 aromatic heterocycles. The second kappa shape index (κ2) is 8.29. The van der Waals surface area contributed by atoms with Crippen LogP contribution in [0, 0.1) is 20.8 Å². The van der Waals surface area contributed by atoms with Crippen LogP contribution in [0.25, 0.3) is 5.69 Å². The van der Waals surface area contributed by atoms with Crippen molar-refractivity contribution in [2.75, 3.05) is 20.4 Å². The zero-order valence-corrected chi connectivity index (χ0v) is 18.2. The fraction of sp³-hybridized carbons (Fsp3) is 0.348. The van der Waals surface area contributed by atoms with Gasteiger partial charge in [0.25, 0.3) is 11.5 Å². The van der Waals surface area contributed by atoms with Gasteiger partial charge in [0, 0.05) is 38.1 Å². The molecule has 4 rings (SSSR count). The minimum absolute atomic E-state index is 0.160. The second-order valence-electron chi connectivity index (χ2n) is 7.82. The van der Waals surface area contributed by atoms with Crippen molar-refractivity contribution in [1.29, 1.82) is 0 Å². The van der Waals surface area contributed by atoms with E-state index in [9.17, 15) is 9.59 Å². The largest absolute Gasteiger partial charge is 0.454 e. The summed E-state index contributed by atoms with van der Waals surface area (Å²) in [5, 5.41) is 4.45. The Morgan fingerprint density at radius 1 is 1.13 bits per heavy atom. The van der Waals surface area contributed by atoms with Crippen molar-refractivity contribution >= 4 is 5.91 Å². The summed E-state index contributed by atoms with van der Waals surface area (Å²) in [5.41, 5.74) is 3.17. The molecule has 0 atom stereocenters. The fourth-order valence-electron chi connectivity index (χ4n) is 3.78. The Bertz CT molecular complexity index is 1190. The SMILES string of the molecule is Cc1cc(C)n(CCCN(C)C(=O)c2c(C)ccn(-c3ccc4c(c3)OCO4)c2=O)n1. The smallest absolute Gasteiger partial charge is 0.268 e. The van der Waals surface area contributed by atoms with E-state index in [1.165, 1.54) is 4.57 Å². The fourth-order valence-corrected chi connectivity index (χ4v) is 3.78. The second-order valence-corrected chi connectivity index (χ2v) is 7.82. The molecule has 0 N–H and O–H groups in total. The van der Waals surface area contributed by atoms with Crippen molar-refractivity contribution < 1.29 is 14.3 Å². The zero-order valence-electron chi connectivity index (χ0n) is 18.2. The third kappa shape index (κ3) is 4.05. The number of aryl methyl sites for hydroxylation is 4. The van der Waals surface area contributed by atoms with Gasteiger partial charge in [0.2, 0.25) is 6.79 Å². The van der Waals surface area contributed by atoms with Gasteiger partial charge >= 0.3 is 0 Å². The number of hydrogen-bond acceptors (Lipinski definition) is 5. The highest BCUT2D eigenvalue weighted by atomic mass is 16.7. The van der Waals surface area contributed by atoms with Gasteiger partial charge < -0.3 is 14.4 Å². The molecule has 0 radical (unpaired) electrons. The van der Waals surface area contributed by atoms with Crippen molar-refractivity contribution in [2.45, 2.75) is 33.7 Å². The van der Waals surface area contributed by atoms with E-state index >= 15 is 0 Å². The third-order valence-electron chi connectivity index (χ3n) is 5.46. The summed E-state index contributed by atoms with van der Waals surface area (Å²) in [4.78, 5) is 27.9. The predicted molar refractivity (Wildman–Crippen MR) is 116 cm³/mol. The maximum atomic E-state index is 13.2. The first kappa shape index (κ1) is 20.7. The van der Waals surface area contributed by atoms with Crippen molar-refractivity contribution in [3.63, 3.8) is 0 Å². The molecule has 0 aliphatic carbocycles. The average molecular weight is 422 g/mol. The molecular formula is C23H26N4O4. The molecule has 0 spiro atoms. The first-order valence-electron chi connectivity index (χ1n) is 10.2. The summed E-state index contributed by atoms with van der Waals surface area (Å²) in [6, 6.07) is 9.09. The van der Waals surface area contributed by atoms with Crippen LogP contribution in [0.5, 0.6) is 11.5 Å². The van der Waals surface area contributed by atoms with Crippen molar-refractivity contribution in [2.24, 2.45) is 0 Å². The van der Waals surface area contributed by atoms with Crippen LogP contribution in [0.1, 0.15) is 33.7 Å². The van der Waals surface area contributed by atoms with E-state index in [0.717, 1.165) is 17.8 Å². The van der Waals surface area contributed by atoms with Crippen molar-refractivity contribution in [3.05, 3.63) is 69.4 Å². The summed E-state index contributed by atoms with van der Waals surface area (Å²) < 4.78 is 14.1. The van der Waals surface area contributed by atoms with Gasteiger partial charge in [-0.15, -0.1) is 0 Å². The van der Waals surface area contributed by atoms with Crippen molar-refractivity contribution in [3.8, 4) is 17.2 Å². The molecule has 0 bridgehead atoms. The number of carbonyl (C=O) groups excluding carboxylic acids is 1.